The summed E-state index contributed by atoms with van der Waals surface area (Å²) in [5.74, 6) is 0.102. The van der Waals surface area contributed by atoms with Crippen molar-refractivity contribution in [1.82, 2.24) is 30.3 Å². The Morgan fingerprint density at radius 2 is 2.00 bits per heavy atom. The van der Waals surface area contributed by atoms with Gasteiger partial charge in [0.15, 0.2) is 0 Å². The second kappa shape index (κ2) is 8.94. The number of rotatable bonds is 9. The van der Waals surface area contributed by atoms with E-state index in [2.05, 4.69) is 37.8 Å². The van der Waals surface area contributed by atoms with Gasteiger partial charge < -0.3 is 10.6 Å². The van der Waals surface area contributed by atoms with Crippen molar-refractivity contribution in [2.24, 2.45) is 17.3 Å². The van der Waals surface area contributed by atoms with E-state index in [4.69, 9.17) is 0 Å². The van der Waals surface area contributed by atoms with Crippen molar-refractivity contribution in [1.29, 1.82) is 0 Å². The van der Waals surface area contributed by atoms with Gasteiger partial charge in [-0.3, -0.25) is 24.4 Å². The van der Waals surface area contributed by atoms with Crippen molar-refractivity contribution in [3.05, 3.63) is 47.7 Å². The van der Waals surface area contributed by atoms with E-state index in [1.165, 1.54) is 0 Å². The van der Waals surface area contributed by atoms with Gasteiger partial charge in [0.05, 0.1) is 23.3 Å². The monoisotopic (exact) mass is 475 g/mol. The Balaban J connectivity index is 1.38. The SMILES string of the molecule is CCn1nccc1C(=O)N[C@H](C(=O)Nc1ccc(-c2c(C)n[nH]c2C)nc1)C(C1CC1)C1(C)CC1. The molecule has 2 aliphatic carbocycles. The summed E-state index contributed by atoms with van der Waals surface area (Å²) in [4.78, 5) is 31.4. The molecule has 3 aromatic rings. The van der Waals surface area contributed by atoms with Gasteiger partial charge in [0.1, 0.15) is 11.7 Å². The van der Waals surface area contributed by atoms with E-state index in [-0.39, 0.29) is 23.1 Å². The topological polar surface area (TPSA) is 118 Å². The smallest absolute Gasteiger partial charge is 0.270 e. The molecule has 2 atom stereocenters. The summed E-state index contributed by atoms with van der Waals surface area (Å²) in [7, 11) is 0. The average Bonchev–Trinajstić information content (AvgIpc) is 3.73. The molecule has 2 aliphatic rings. The van der Waals surface area contributed by atoms with E-state index in [9.17, 15) is 9.59 Å². The van der Waals surface area contributed by atoms with Crippen LogP contribution in [0, 0.1) is 31.1 Å². The molecule has 2 fully saturated rings. The van der Waals surface area contributed by atoms with Crippen molar-refractivity contribution in [3.63, 3.8) is 0 Å². The van der Waals surface area contributed by atoms with Crippen LogP contribution in [0.4, 0.5) is 5.69 Å². The number of aryl methyl sites for hydroxylation is 3. The third-order valence-corrected chi connectivity index (χ3v) is 7.57. The molecule has 9 nitrogen and oxygen atoms in total. The first-order valence-electron chi connectivity index (χ1n) is 12.4. The van der Waals surface area contributed by atoms with Gasteiger partial charge in [-0.1, -0.05) is 6.92 Å². The molecule has 0 spiro atoms. The zero-order chi connectivity index (χ0) is 24.7. The zero-order valence-electron chi connectivity index (χ0n) is 20.8. The molecule has 3 N–H and O–H groups in total. The largest absolute Gasteiger partial charge is 0.339 e. The fourth-order valence-corrected chi connectivity index (χ4v) is 5.30. The molecular weight excluding hydrogens is 442 g/mol. The van der Waals surface area contributed by atoms with E-state index in [1.807, 2.05) is 32.9 Å². The molecule has 2 saturated carbocycles. The molecule has 1 unspecified atom stereocenters. The van der Waals surface area contributed by atoms with Crippen LogP contribution in [0.1, 0.15) is 61.4 Å². The van der Waals surface area contributed by atoms with Crippen molar-refractivity contribution in [2.75, 3.05) is 5.32 Å². The second-order valence-corrected chi connectivity index (χ2v) is 10.2. The molecule has 2 amide bonds. The molecule has 9 heteroatoms. The number of aromatic amines is 1. The van der Waals surface area contributed by atoms with Crippen LogP contribution in [0.25, 0.3) is 11.3 Å². The molecule has 0 saturated heterocycles. The van der Waals surface area contributed by atoms with Gasteiger partial charge in [0.2, 0.25) is 5.91 Å². The van der Waals surface area contributed by atoms with Crippen LogP contribution in [0.2, 0.25) is 0 Å². The highest BCUT2D eigenvalue weighted by atomic mass is 16.2. The number of nitrogens with zero attached hydrogens (tertiary/aromatic N) is 4. The predicted octanol–water partition coefficient (Wildman–Crippen LogP) is 3.87. The molecular formula is C26H33N7O2. The van der Waals surface area contributed by atoms with Gasteiger partial charge in [-0.05, 0) is 81.9 Å². The number of nitrogens with one attached hydrogen (secondary N) is 3. The van der Waals surface area contributed by atoms with E-state index in [0.717, 1.165) is 48.3 Å². The maximum absolute atomic E-state index is 13.7. The van der Waals surface area contributed by atoms with Crippen LogP contribution in [0.3, 0.4) is 0 Å². The summed E-state index contributed by atoms with van der Waals surface area (Å²) in [6.07, 6.45) is 7.65. The van der Waals surface area contributed by atoms with Gasteiger partial charge in [-0.2, -0.15) is 10.2 Å². The fourth-order valence-electron chi connectivity index (χ4n) is 5.30. The highest BCUT2D eigenvalue weighted by Gasteiger charge is 2.55. The Bertz CT molecular complexity index is 1220. The summed E-state index contributed by atoms with van der Waals surface area (Å²) in [6.45, 7) is 8.66. The molecule has 5 rings (SSSR count). The van der Waals surface area contributed by atoms with Gasteiger partial charge in [0, 0.05) is 24.0 Å². The van der Waals surface area contributed by atoms with Gasteiger partial charge in [0.25, 0.3) is 5.91 Å². The molecule has 184 valence electrons. The minimum absolute atomic E-state index is 0.0832. The number of carbonyl (C=O) groups excluding carboxylic acids is 2. The molecule has 0 aliphatic heterocycles. The highest BCUT2D eigenvalue weighted by Crippen LogP contribution is 2.60. The lowest BCUT2D eigenvalue weighted by molar-refractivity contribution is -0.120. The third-order valence-electron chi connectivity index (χ3n) is 7.57. The van der Waals surface area contributed by atoms with Crippen molar-refractivity contribution in [2.45, 2.75) is 66.0 Å². The Kier molecular flexibility index (Phi) is 5.94. The van der Waals surface area contributed by atoms with E-state index >= 15 is 0 Å². The summed E-state index contributed by atoms with van der Waals surface area (Å²) in [6, 6.07) is 4.80. The summed E-state index contributed by atoms with van der Waals surface area (Å²) < 4.78 is 1.65. The van der Waals surface area contributed by atoms with Crippen LogP contribution in [0.15, 0.2) is 30.6 Å². The molecule has 35 heavy (non-hydrogen) atoms. The van der Waals surface area contributed by atoms with E-state index < -0.39 is 6.04 Å². The predicted molar refractivity (Wildman–Crippen MR) is 133 cm³/mol. The van der Waals surface area contributed by atoms with Crippen LogP contribution in [-0.4, -0.2) is 42.8 Å². The molecule has 3 aromatic heterocycles. The number of pyridine rings is 1. The lowest BCUT2D eigenvalue weighted by atomic mass is 9.80. The Morgan fingerprint density at radius 3 is 2.57 bits per heavy atom. The maximum atomic E-state index is 13.7. The molecule has 0 bridgehead atoms. The van der Waals surface area contributed by atoms with Crippen molar-refractivity contribution in [3.8, 4) is 11.3 Å². The number of hydrogen-bond donors (Lipinski definition) is 3. The number of amides is 2. The minimum Gasteiger partial charge on any atom is -0.339 e. The lowest BCUT2D eigenvalue weighted by Gasteiger charge is -2.32. The molecule has 0 radical (unpaired) electrons. The van der Waals surface area contributed by atoms with Crippen molar-refractivity contribution >= 4 is 17.5 Å². The first-order valence-corrected chi connectivity index (χ1v) is 12.4. The third kappa shape index (κ3) is 4.59. The fraction of sp³-hybridized carbons (Fsp3) is 0.500. The Hall–Kier alpha value is -3.49. The average molecular weight is 476 g/mol. The first kappa shape index (κ1) is 23.3. The summed E-state index contributed by atoms with van der Waals surface area (Å²) >= 11 is 0. The number of hydrogen-bond acceptors (Lipinski definition) is 5. The van der Waals surface area contributed by atoms with Crippen molar-refractivity contribution < 1.29 is 9.59 Å². The van der Waals surface area contributed by atoms with Gasteiger partial charge in [-0.25, -0.2) is 0 Å². The standard InChI is InChI=1S/C26H33N7O2/c1-5-33-20(10-13-28-33)24(34)30-23(22(17-6-7-17)26(4)11-12-26)25(35)29-18-8-9-19(27-14-18)21-15(2)31-32-16(21)3/h8-10,13-14,17,22-23H,5-7,11-12H2,1-4H3,(H,29,35)(H,30,34)(H,31,32)/t22?,23-/m0/s1. The molecule has 3 heterocycles. The van der Waals surface area contributed by atoms with E-state index in [0.29, 0.717) is 23.8 Å². The Morgan fingerprint density at radius 1 is 1.23 bits per heavy atom. The first-order chi connectivity index (χ1) is 16.8. The second-order valence-electron chi connectivity index (χ2n) is 10.2. The van der Waals surface area contributed by atoms with Gasteiger partial charge in [-0.15, -0.1) is 0 Å². The number of H-pyrrole nitrogens is 1. The number of carbonyl (C=O) groups is 2. The van der Waals surface area contributed by atoms with Crippen LogP contribution in [-0.2, 0) is 11.3 Å². The number of aromatic nitrogens is 5. The number of anilines is 1. The van der Waals surface area contributed by atoms with Crippen LogP contribution < -0.4 is 10.6 Å². The normalized spacial score (nSPS) is 18.1. The maximum Gasteiger partial charge on any atom is 0.270 e. The van der Waals surface area contributed by atoms with E-state index in [1.54, 1.807) is 23.1 Å². The van der Waals surface area contributed by atoms with Crippen LogP contribution >= 0.6 is 0 Å². The zero-order valence-corrected chi connectivity index (χ0v) is 20.8. The van der Waals surface area contributed by atoms with Crippen LogP contribution in [0.5, 0.6) is 0 Å². The summed E-state index contributed by atoms with van der Waals surface area (Å²) in [5.41, 5.74) is 4.75. The lowest BCUT2D eigenvalue weighted by Crippen LogP contribution is -2.51. The summed E-state index contributed by atoms with van der Waals surface area (Å²) in [5, 5.41) is 17.5. The molecule has 0 aromatic carbocycles. The quantitative estimate of drug-likeness (QED) is 0.434. The highest BCUT2D eigenvalue weighted by molar-refractivity contribution is 6.00. The Labute approximate surface area is 205 Å². The van der Waals surface area contributed by atoms with Gasteiger partial charge >= 0.3 is 0 Å². The minimum atomic E-state index is -0.624.